The van der Waals surface area contributed by atoms with Gasteiger partial charge in [-0.15, -0.1) is 6.58 Å². The highest BCUT2D eigenvalue weighted by molar-refractivity contribution is 6.30. The van der Waals surface area contributed by atoms with E-state index in [1.807, 2.05) is 12.1 Å². The molecule has 0 atom stereocenters. The lowest BCUT2D eigenvalue weighted by Gasteiger charge is -2.00. The lowest BCUT2D eigenvalue weighted by Crippen LogP contribution is -1.84. The molecule has 0 radical (unpaired) electrons. The van der Waals surface area contributed by atoms with E-state index in [1.165, 1.54) is 11.1 Å². The molecule has 0 heterocycles. The number of rotatable bonds is 3. The Morgan fingerprint density at radius 2 is 1.92 bits per heavy atom. The summed E-state index contributed by atoms with van der Waals surface area (Å²) in [6, 6.07) is 7.97. The van der Waals surface area contributed by atoms with E-state index in [0.717, 1.165) is 17.9 Å². The zero-order valence-electron chi connectivity index (χ0n) is 7.31. The van der Waals surface area contributed by atoms with E-state index in [0.29, 0.717) is 0 Å². The molecule has 0 nitrogen and oxygen atoms in total. The van der Waals surface area contributed by atoms with Crippen LogP contribution in [0.2, 0.25) is 5.02 Å². The Bertz CT molecular complexity index is 259. The van der Waals surface area contributed by atoms with E-state index in [1.54, 1.807) is 0 Å². The van der Waals surface area contributed by atoms with Crippen LogP contribution in [0, 0.1) is 0 Å². The van der Waals surface area contributed by atoms with E-state index in [9.17, 15) is 0 Å². The third-order valence-electron chi connectivity index (χ3n) is 1.75. The molecule has 0 saturated carbocycles. The summed E-state index contributed by atoms with van der Waals surface area (Å²) in [7, 11) is 0. The van der Waals surface area contributed by atoms with Crippen molar-refractivity contribution in [1.82, 2.24) is 0 Å². The van der Waals surface area contributed by atoms with Gasteiger partial charge in [0.25, 0.3) is 0 Å². The van der Waals surface area contributed by atoms with Crippen LogP contribution in [0.3, 0.4) is 0 Å². The molecule has 1 aromatic rings. The first-order valence-electron chi connectivity index (χ1n) is 4.07. The number of hydrogen-bond donors (Lipinski definition) is 0. The van der Waals surface area contributed by atoms with Crippen LogP contribution >= 0.6 is 11.6 Å². The maximum absolute atomic E-state index is 5.76. The molecule has 1 aromatic carbocycles. The van der Waals surface area contributed by atoms with Gasteiger partial charge in [0.15, 0.2) is 0 Å². The highest BCUT2D eigenvalue weighted by atomic mass is 35.5. The van der Waals surface area contributed by atoms with Gasteiger partial charge in [0, 0.05) is 5.02 Å². The average molecular weight is 181 g/mol. The third-order valence-corrected chi connectivity index (χ3v) is 2.01. The van der Waals surface area contributed by atoms with E-state index in [-0.39, 0.29) is 0 Å². The average Bonchev–Trinajstić information content (AvgIpc) is 2.03. The van der Waals surface area contributed by atoms with Gasteiger partial charge in [-0.3, -0.25) is 0 Å². The quantitative estimate of drug-likeness (QED) is 0.620. The Kier molecular flexibility index (Phi) is 3.36. The highest BCUT2D eigenvalue weighted by Crippen LogP contribution is 2.12. The van der Waals surface area contributed by atoms with Gasteiger partial charge in [-0.2, -0.15) is 0 Å². The predicted octanol–water partition coefficient (Wildman–Crippen LogP) is 3.85. The number of hydrogen-bond acceptors (Lipinski definition) is 0. The van der Waals surface area contributed by atoms with Gasteiger partial charge >= 0.3 is 0 Å². The molecule has 0 spiro atoms. The van der Waals surface area contributed by atoms with Gasteiger partial charge in [0.1, 0.15) is 0 Å². The van der Waals surface area contributed by atoms with Crippen LogP contribution in [0.1, 0.15) is 18.9 Å². The fourth-order valence-corrected chi connectivity index (χ4v) is 1.13. The second kappa shape index (κ2) is 4.32. The molecule has 1 heteroatoms. The number of benzene rings is 1. The third kappa shape index (κ3) is 3.10. The summed E-state index contributed by atoms with van der Waals surface area (Å²) in [5, 5.41) is 0.800. The minimum Gasteiger partial charge on any atom is -0.100 e. The van der Waals surface area contributed by atoms with Gasteiger partial charge in [-0.1, -0.05) is 29.3 Å². The Hall–Kier alpha value is -0.750. The van der Waals surface area contributed by atoms with E-state index >= 15 is 0 Å². The van der Waals surface area contributed by atoms with Crippen LogP contribution in [-0.2, 0) is 6.42 Å². The Balaban J connectivity index is 2.53. The second-order valence-electron chi connectivity index (χ2n) is 3.08. The fourth-order valence-electron chi connectivity index (χ4n) is 1.01. The van der Waals surface area contributed by atoms with Crippen molar-refractivity contribution in [2.45, 2.75) is 19.8 Å². The normalized spacial score (nSPS) is 9.83. The van der Waals surface area contributed by atoms with Gasteiger partial charge < -0.3 is 0 Å². The largest absolute Gasteiger partial charge is 0.100 e. The zero-order valence-corrected chi connectivity index (χ0v) is 8.06. The van der Waals surface area contributed by atoms with Gasteiger partial charge in [-0.25, -0.2) is 0 Å². The minimum atomic E-state index is 0.800. The van der Waals surface area contributed by atoms with Crippen molar-refractivity contribution in [3.05, 3.63) is 47.0 Å². The molecule has 0 amide bonds. The van der Waals surface area contributed by atoms with Gasteiger partial charge in [-0.05, 0) is 37.5 Å². The molecule has 0 bridgehead atoms. The molecule has 0 aromatic heterocycles. The molecule has 1 rings (SSSR count). The summed E-state index contributed by atoms with van der Waals surface area (Å²) in [5.41, 5.74) is 2.55. The second-order valence-corrected chi connectivity index (χ2v) is 3.52. The van der Waals surface area contributed by atoms with E-state index in [2.05, 4.69) is 25.6 Å². The Morgan fingerprint density at radius 3 is 2.42 bits per heavy atom. The molecule has 0 saturated heterocycles. The molecule has 64 valence electrons. The first kappa shape index (κ1) is 9.34. The summed E-state index contributed by atoms with van der Waals surface area (Å²) in [6.45, 7) is 5.91. The van der Waals surface area contributed by atoms with Crippen molar-refractivity contribution in [3.8, 4) is 0 Å². The summed E-state index contributed by atoms with van der Waals surface area (Å²) < 4.78 is 0. The van der Waals surface area contributed by atoms with Gasteiger partial charge in [0.05, 0.1) is 0 Å². The lowest BCUT2D eigenvalue weighted by molar-refractivity contribution is 0.946. The lowest BCUT2D eigenvalue weighted by atomic mass is 10.1. The van der Waals surface area contributed by atoms with Crippen LogP contribution in [-0.4, -0.2) is 0 Å². The van der Waals surface area contributed by atoms with Crippen LogP contribution in [0.25, 0.3) is 0 Å². The van der Waals surface area contributed by atoms with Crippen molar-refractivity contribution in [2.24, 2.45) is 0 Å². The van der Waals surface area contributed by atoms with Crippen LogP contribution < -0.4 is 0 Å². The SMILES string of the molecule is C=C(C)CCc1ccc(Cl)cc1. The maximum Gasteiger partial charge on any atom is 0.0406 e. The van der Waals surface area contributed by atoms with E-state index < -0.39 is 0 Å². The monoisotopic (exact) mass is 180 g/mol. The van der Waals surface area contributed by atoms with E-state index in [4.69, 9.17) is 11.6 Å². The first-order valence-corrected chi connectivity index (χ1v) is 4.45. The zero-order chi connectivity index (χ0) is 8.97. The molecule has 0 aliphatic heterocycles. The van der Waals surface area contributed by atoms with Crippen molar-refractivity contribution in [3.63, 3.8) is 0 Å². The summed E-state index contributed by atoms with van der Waals surface area (Å²) >= 11 is 5.76. The van der Waals surface area contributed by atoms with Crippen LogP contribution in [0.4, 0.5) is 0 Å². The highest BCUT2D eigenvalue weighted by Gasteiger charge is 1.92. The molecule has 12 heavy (non-hydrogen) atoms. The van der Waals surface area contributed by atoms with Crippen molar-refractivity contribution in [1.29, 1.82) is 0 Å². The molecular formula is C11H13Cl. The predicted molar refractivity (Wildman–Crippen MR) is 54.6 cm³/mol. The standard InChI is InChI=1S/C11H13Cl/c1-9(2)3-4-10-5-7-11(12)8-6-10/h5-8H,1,3-4H2,2H3. The van der Waals surface area contributed by atoms with Crippen molar-refractivity contribution in [2.75, 3.05) is 0 Å². The number of halogens is 1. The summed E-state index contributed by atoms with van der Waals surface area (Å²) in [5.74, 6) is 0. The number of allylic oxidation sites excluding steroid dienone is 1. The molecule has 0 aliphatic rings. The summed E-state index contributed by atoms with van der Waals surface area (Å²) in [4.78, 5) is 0. The molecular weight excluding hydrogens is 168 g/mol. The molecule has 0 unspecified atom stereocenters. The topological polar surface area (TPSA) is 0 Å². The maximum atomic E-state index is 5.76. The first-order chi connectivity index (χ1) is 5.68. The van der Waals surface area contributed by atoms with Crippen LogP contribution in [0.5, 0.6) is 0 Å². The molecule has 0 aliphatic carbocycles. The Morgan fingerprint density at radius 1 is 1.33 bits per heavy atom. The fraction of sp³-hybridized carbons (Fsp3) is 0.273. The molecule has 0 fully saturated rings. The van der Waals surface area contributed by atoms with Crippen molar-refractivity contribution < 1.29 is 0 Å². The Labute approximate surface area is 78.9 Å². The van der Waals surface area contributed by atoms with Gasteiger partial charge in [0.2, 0.25) is 0 Å². The smallest absolute Gasteiger partial charge is 0.0406 e. The number of aryl methyl sites for hydroxylation is 1. The minimum absolute atomic E-state index is 0.800. The van der Waals surface area contributed by atoms with Crippen LogP contribution in [0.15, 0.2) is 36.4 Å². The van der Waals surface area contributed by atoms with Crippen molar-refractivity contribution >= 4 is 11.6 Å². The summed E-state index contributed by atoms with van der Waals surface area (Å²) in [6.07, 6.45) is 2.12. The molecule has 0 N–H and O–H groups in total.